The Kier molecular flexibility index (Phi) is 2.14. The zero-order chi connectivity index (χ0) is 9.97. The van der Waals surface area contributed by atoms with Crippen LogP contribution in [-0.2, 0) is 0 Å². The summed E-state index contributed by atoms with van der Waals surface area (Å²) < 4.78 is 5.01. The Labute approximate surface area is 81.4 Å². The van der Waals surface area contributed by atoms with Crippen molar-refractivity contribution < 1.29 is 4.52 Å². The van der Waals surface area contributed by atoms with Crippen LogP contribution in [0.3, 0.4) is 0 Å². The van der Waals surface area contributed by atoms with Crippen molar-refractivity contribution in [3.05, 3.63) is 24.4 Å². The van der Waals surface area contributed by atoms with Crippen molar-refractivity contribution in [2.24, 2.45) is 0 Å². The smallest absolute Gasteiger partial charge is 0.323 e. The molecule has 0 aromatic carbocycles. The minimum absolute atomic E-state index is 0.477. The summed E-state index contributed by atoms with van der Waals surface area (Å²) in [5.74, 6) is 0.509. The van der Waals surface area contributed by atoms with Crippen molar-refractivity contribution >= 4 is 6.01 Å². The van der Waals surface area contributed by atoms with Gasteiger partial charge in [0.05, 0.1) is 0 Å². The molecular formula is C9H10N4O. The van der Waals surface area contributed by atoms with E-state index in [9.17, 15) is 0 Å². The monoisotopic (exact) mass is 190 g/mol. The van der Waals surface area contributed by atoms with Gasteiger partial charge >= 0.3 is 6.01 Å². The molecule has 0 bridgehead atoms. The first-order valence-electron chi connectivity index (χ1n) is 4.20. The number of hydrogen-bond acceptors (Lipinski definition) is 5. The molecule has 5 nitrogen and oxygen atoms in total. The number of pyridine rings is 1. The molecule has 0 aliphatic rings. The molecule has 0 aliphatic carbocycles. The van der Waals surface area contributed by atoms with E-state index in [-0.39, 0.29) is 0 Å². The predicted octanol–water partition coefficient (Wildman–Crippen LogP) is 1.20. The molecule has 0 saturated carbocycles. The molecular weight excluding hydrogens is 180 g/mol. The molecule has 2 aromatic rings. The van der Waals surface area contributed by atoms with Gasteiger partial charge in [0, 0.05) is 20.3 Å². The zero-order valence-electron chi connectivity index (χ0n) is 8.01. The van der Waals surface area contributed by atoms with Gasteiger partial charge in [-0.25, -0.2) is 0 Å². The number of aromatic nitrogens is 3. The third kappa shape index (κ3) is 1.56. The van der Waals surface area contributed by atoms with Crippen molar-refractivity contribution in [2.75, 3.05) is 19.0 Å². The highest BCUT2D eigenvalue weighted by molar-refractivity contribution is 5.49. The lowest BCUT2D eigenvalue weighted by molar-refractivity contribution is 0.423. The molecule has 2 heterocycles. The van der Waals surface area contributed by atoms with Gasteiger partial charge in [0.2, 0.25) is 5.82 Å². The van der Waals surface area contributed by atoms with E-state index in [1.807, 2.05) is 32.3 Å². The first-order chi connectivity index (χ1) is 6.77. The van der Waals surface area contributed by atoms with Crippen LogP contribution in [-0.4, -0.2) is 29.2 Å². The maximum Gasteiger partial charge on any atom is 0.323 e. The molecule has 5 heteroatoms. The highest BCUT2D eigenvalue weighted by Gasteiger charge is 2.09. The van der Waals surface area contributed by atoms with E-state index >= 15 is 0 Å². The molecule has 0 saturated heterocycles. The van der Waals surface area contributed by atoms with Crippen LogP contribution in [0.25, 0.3) is 11.5 Å². The fourth-order valence-corrected chi connectivity index (χ4v) is 0.996. The Hall–Kier alpha value is -1.91. The van der Waals surface area contributed by atoms with E-state index in [1.165, 1.54) is 0 Å². The molecule has 0 atom stereocenters. The van der Waals surface area contributed by atoms with Gasteiger partial charge in [0.1, 0.15) is 5.69 Å². The normalized spacial score (nSPS) is 10.1. The summed E-state index contributed by atoms with van der Waals surface area (Å²) in [5, 5.41) is 3.82. The number of nitrogens with zero attached hydrogens (tertiary/aromatic N) is 4. The second-order valence-corrected chi connectivity index (χ2v) is 3.01. The maximum atomic E-state index is 5.01. The summed E-state index contributed by atoms with van der Waals surface area (Å²) in [5.41, 5.74) is 0.712. The fraction of sp³-hybridized carbons (Fsp3) is 0.222. The average molecular weight is 190 g/mol. The van der Waals surface area contributed by atoms with Crippen LogP contribution in [0.5, 0.6) is 0 Å². The molecule has 0 fully saturated rings. The Bertz CT molecular complexity index is 410. The van der Waals surface area contributed by atoms with Crippen LogP contribution in [0.1, 0.15) is 0 Å². The van der Waals surface area contributed by atoms with E-state index in [2.05, 4.69) is 15.1 Å². The molecule has 72 valence electrons. The SMILES string of the molecule is CN(C)c1nc(-c2ccccn2)no1. The summed E-state index contributed by atoms with van der Waals surface area (Å²) in [7, 11) is 3.69. The molecule has 14 heavy (non-hydrogen) atoms. The van der Waals surface area contributed by atoms with Crippen molar-refractivity contribution in [3.63, 3.8) is 0 Å². The van der Waals surface area contributed by atoms with E-state index < -0.39 is 0 Å². The van der Waals surface area contributed by atoms with Gasteiger partial charge < -0.3 is 9.42 Å². The number of hydrogen-bond donors (Lipinski definition) is 0. The van der Waals surface area contributed by atoms with Crippen LogP contribution < -0.4 is 4.90 Å². The zero-order valence-corrected chi connectivity index (χ0v) is 8.01. The molecule has 0 spiro atoms. The van der Waals surface area contributed by atoms with Gasteiger partial charge in [-0.15, -0.1) is 0 Å². The van der Waals surface area contributed by atoms with E-state index in [1.54, 1.807) is 11.1 Å². The number of anilines is 1. The van der Waals surface area contributed by atoms with Crippen LogP contribution >= 0.6 is 0 Å². The minimum atomic E-state index is 0.477. The van der Waals surface area contributed by atoms with Gasteiger partial charge in [-0.05, 0) is 12.1 Å². The van der Waals surface area contributed by atoms with Crippen molar-refractivity contribution in [1.82, 2.24) is 15.1 Å². The van der Waals surface area contributed by atoms with Crippen molar-refractivity contribution in [2.45, 2.75) is 0 Å². The highest BCUT2D eigenvalue weighted by Crippen LogP contribution is 2.15. The summed E-state index contributed by atoms with van der Waals surface area (Å²) in [6.07, 6.45) is 1.70. The van der Waals surface area contributed by atoms with E-state index in [4.69, 9.17) is 4.52 Å². The Morgan fingerprint density at radius 2 is 2.14 bits per heavy atom. The van der Waals surface area contributed by atoms with E-state index in [0.29, 0.717) is 17.5 Å². The summed E-state index contributed by atoms with van der Waals surface area (Å²) >= 11 is 0. The summed E-state index contributed by atoms with van der Waals surface area (Å²) in [6.45, 7) is 0. The van der Waals surface area contributed by atoms with Crippen molar-refractivity contribution in [1.29, 1.82) is 0 Å². The molecule has 0 amide bonds. The molecule has 0 unspecified atom stereocenters. The Morgan fingerprint density at radius 3 is 2.71 bits per heavy atom. The molecule has 0 N–H and O–H groups in total. The topological polar surface area (TPSA) is 55.1 Å². The van der Waals surface area contributed by atoms with Crippen molar-refractivity contribution in [3.8, 4) is 11.5 Å². The van der Waals surface area contributed by atoms with Gasteiger partial charge in [0.25, 0.3) is 0 Å². The molecule has 0 aliphatic heterocycles. The van der Waals surface area contributed by atoms with Gasteiger partial charge in [-0.2, -0.15) is 4.98 Å². The quantitative estimate of drug-likeness (QED) is 0.712. The van der Waals surface area contributed by atoms with Gasteiger partial charge in [0.15, 0.2) is 0 Å². The van der Waals surface area contributed by atoms with E-state index in [0.717, 1.165) is 0 Å². The first kappa shape index (κ1) is 8.68. The van der Waals surface area contributed by atoms with Gasteiger partial charge in [-0.1, -0.05) is 11.2 Å². The van der Waals surface area contributed by atoms with Crippen LogP contribution in [0.4, 0.5) is 6.01 Å². The highest BCUT2D eigenvalue weighted by atomic mass is 16.5. The van der Waals surface area contributed by atoms with Gasteiger partial charge in [-0.3, -0.25) is 4.98 Å². The maximum absolute atomic E-state index is 5.01. The standard InChI is InChI=1S/C9H10N4O/c1-13(2)9-11-8(12-14-9)7-5-3-4-6-10-7/h3-6H,1-2H3. The lowest BCUT2D eigenvalue weighted by atomic mass is 10.3. The Balaban J connectivity index is 2.34. The Morgan fingerprint density at radius 1 is 1.29 bits per heavy atom. The minimum Gasteiger partial charge on any atom is -0.331 e. The largest absolute Gasteiger partial charge is 0.331 e. The van der Waals surface area contributed by atoms with Crippen LogP contribution in [0.2, 0.25) is 0 Å². The second-order valence-electron chi connectivity index (χ2n) is 3.01. The lowest BCUT2D eigenvalue weighted by Crippen LogP contribution is -2.08. The average Bonchev–Trinajstić information content (AvgIpc) is 2.68. The molecule has 2 rings (SSSR count). The van der Waals surface area contributed by atoms with Crippen LogP contribution in [0.15, 0.2) is 28.9 Å². The summed E-state index contributed by atoms with van der Waals surface area (Å²) in [4.78, 5) is 10.0. The molecule has 0 radical (unpaired) electrons. The third-order valence-electron chi connectivity index (χ3n) is 1.69. The molecule has 2 aromatic heterocycles. The number of rotatable bonds is 2. The third-order valence-corrected chi connectivity index (χ3v) is 1.69. The summed E-state index contributed by atoms with van der Waals surface area (Å²) in [6, 6.07) is 6.04. The first-order valence-corrected chi connectivity index (χ1v) is 4.20. The second kappa shape index (κ2) is 3.45. The van der Waals surface area contributed by atoms with Crippen LogP contribution in [0, 0.1) is 0 Å². The predicted molar refractivity (Wildman–Crippen MR) is 51.9 cm³/mol. The fourth-order valence-electron chi connectivity index (χ4n) is 0.996. The lowest BCUT2D eigenvalue weighted by Gasteiger charge is -2.01.